The Kier molecular flexibility index (Phi) is 4.82. The van der Waals surface area contributed by atoms with Crippen LogP contribution in [0.2, 0.25) is 0 Å². The number of nitrogens with zero attached hydrogens (tertiary/aromatic N) is 5. The molecule has 18 heavy (non-hydrogen) atoms. The second-order valence-electron chi connectivity index (χ2n) is 4.01. The van der Waals surface area contributed by atoms with Gasteiger partial charge in [0.25, 0.3) is 0 Å². The summed E-state index contributed by atoms with van der Waals surface area (Å²) in [7, 11) is 3.69. The highest BCUT2D eigenvalue weighted by atomic mass is 16.1. The zero-order valence-corrected chi connectivity index (χ0v) is 11.6. The van der Waals surface area contributed by atoms with Gasteiger partial charge in [-0.25, -0.2) is 0 Å². The predicted octanol–water partition coefficient (Wildman–Crippen LogP) is 0.742. The molecule has 7 heteroatoms. The van der Waals surface area contributed by atoms with Gasteiger partial charge in [-0.05, 0) is 13.8 Å². The molecule has 1 N–H and O–H groups in total. The van der Waals surface area contributed by atoms with E-state index in [1.54, 1.807) is 4.90 Å². The molecule has 1 rings (SSSR count). The molecule has 1 aromatic heterocycles. The van der Waals surface area contributed by atoms with Crippen LogP contribution in [0.5, 0.6) is 0 Å². The lowest BCUT2D eigenvalue weighted by Gasteiger charge is -2.20. The fourth-order valence-electron chi connectivity index (χ4n) is 1.42. The van der Waals surface area contributed by atoms with Crippen molar-refractivity contribution in [3.63, 3.8) is 0 Å². The van der Waals surface area contributed by atoms with Crippen molar-refractivity contribution < 1.29 is 4.79 Å². The second kappa shape index (κ2) is 6.13. The Balaban J connectivity index is 3.16. The van der Waals surface area contributed by atoms with Crippen molar-refractivity contribution in [1.82, 2.24) is 15.0 Å². The first-order valence-corrected chi connectivity index (χ1v) is 5.93. The molecule has 0 aliphatic heterocycles. The van der Waals surface area contributed by atoms with Gasteiger partial charge in [-0.15, -0.1) is 0 Å². The Morgan fingerprint density at radius 1 is 1.11 bits per heavy atom. The summed E-state index contributed by atoms with van der Waals surface area (Å²) in [6.45, 7) is 7.08. The van der Waals surface area contributed by atoms with Gasteiger partial charge in [0.2, 0.25) is 23.8 Å². The summed E-state index contributed by atoms with van der Waals surface area (Å²) < 4.78 is 0. The highest BCUT2D eigenvalue weighted by Crippen LogP contribution is 2.14. The SMILES string of the molecule is CCN(CC)c1nc(NC(C)=O)nc(N(C)C)n1. The number of hydrogen-bond donors (Lipinski definition) is 1. The molecule has 100 valence electrons. The van der Waals surface area contributed by atoms with Gasteiger partial charge in [-0.2, -0.15) is 15.0 Å². The summed E-state index contributed by atoms with van der Waals surface area (Å²) in [5, 5.41) is 2.59. The maximum absolute atomic E-state index is 11.1. The van der Waals surface area contributed by atoms with E-state index >= 15 is 0 Å². The number of nitrogens with one attached hydrogen (secondary N) is 1. The second-order valence-corrected chi connectivity index (χ2v) is 4.01. The molecule has 7 nitrogen and oxygen atoms in total. The zero-order chi connectivity index (χ0) is 13.7. The molecule has 0 saturated carbocycles. The fourth-order valence-corrected chi connectivity index (χ4v) is 1.42. The van der Waals surface area contributed by atoms with Crippen LogP contribution in [-0.2, 0) is 4.79 Å². The summed E-state index contributed by atoms with van der Waals surface area (Å²) in [5.74, 6) is 1.18. The number of anilines is 3. The van der Waals surface area contributed by atoms with E-state index in [1.165, 1.54) is 6.92 Å². The smallest absolute Gasteiger partial charge is 0.236 e. The molecule has 0 aliphatic carbocycles. The molecule has 0 bridgehead atoms. The summed E-state index contributed by atoms with van der Waals surface area (Å²) in [5.41, 5.74) is 0. The van der Waals surface area contributed by atoms with Crippen molar-refractivity contribution in [2.45, 2.75) is 20.8 Å². The quantitative estimate of drug-likeness (QED) is 0.833. The van der Waals surface area contributed by atoms with Gasteiger partial charge < -0.3 is 9.80 Å². The van der Waals surface area contributed by atoms with Crippen LogP contribution in [-0.4, -0.2) is 48.0 Å². The lowest BCUT2D eigenvalue weighted by molar-refractivity contribution is -0.114. The maximum atomic E-state index is 11.1. The monoisotopic (exact) mass is 252 g/mol. The number of hydrogen-bond acceptors (Lipinski definition) is 6. The van der Waals surface area contributed by atoms with Crippen LogP contribution >= 0.6 is 0 Å². The Morgan fingerprint density at radius 3 is 2.11 bits per heavy atom. The van der Waals surface area contributed by atoms with Crippen LogP contribution in [0, 0.1) is 0 Å². The molecular formula is C11H20N6O. The van der Waals surface area contributed by atoms with Crippen molar-refractivity contribution in [3.05, 3.63) is 0 Å². The average molecular weight is 252 g/mol. The van der Waals surface area contributed by atoms with Gasteiger partial charge in [0, 0.05) is 34.1 Å². The lowest BCUT2D eigenvalue weighted by Crippen LogP contribution is -2.26. The van der Waals surface area contributed by atoms with E-state index in [0.29, 0.717) is 11.9 Å². The summed E-state index contributed by atoms with van der Waals surface area (Å²) >= 11 is 0. The third-order valence-corrected chi connectivity index (χ3v) is 2.35. The average Bonchev–Trinajstić information content (AvgIpc) is 2.29. The molecule has 1 amide bonds. The lowest BCUT2D eigenvalue weighted by atomic mass is 10.5. The Bertz CT molecular complexity index is 416. The minimum absolute atomic E-state index is 0.198. The van der Waals surface area contributed by atoms with E-state index in [9.17, 15) is 4.79 Å². The molecule has 0 aliphatic rings. The Morgan fingerprint density at radius 2 is 1.67 bits per heavy atom. The van der Waals surface area contributed by atoms with E-state index in [-0.39, 0.29) is 11.9 Å². The first-order valence-electron chi connectivity index (χ1n) is 5.93. The van der Waals surface area contributed by atoms with Crippen molar-refractivity contribution in [3.8, 4) is 0 Å². The first-order chi connectivity index (χ1) is 8.47. The molecule has 0 saturated heterocycles. The number of rotatable bonds is 5. The Labute approximate surface area is 107 Å². The van der Waals surface area contributed by atoms with Gasteiger partial charge in [0.1, 0.15) is 0 Å². The normalized spacial score (nSPS) is 10.1. The van der Waals surface area contributed by atoms with Gasteiger partial charge >= 0.3 is 0 Å². The minimum Gasteiger partial charge on any atom is -0.347 e. The highest BCUT2D eigenvalue weighted by Gasteiger charge is 2.12. The standard InChI is InChI=1S/C11H20N6O/c1-6-17(7-2)11-14-9(12-8(3)18)13-10(15-11)16(4)5/h6-7H2,1-5H3,(H,12,13,14,15,18). The number of aromatic nitrogens is 3. The van der Waals surface area contributed by atoms with E-state index in [2.05, 4.69) is 20.3 Å². The zero-order valence-electron chi connectivity index (χ0n) is 11.6. The Hall–Kier alpha value is -1.92. The molecule has 0 fully saturated rings. The van der Waals surface area contributed by atoms with E-state index in [1.807, 2.05) is 32.8 Å². The highest BCUT2D eigenvalue weighted by molar-refractivity contribution is 5.86. The summed E-state index contributed by atoms with van der Waals surface area (Å²) in [6, 6.07) is 0. The molecule has 0 atom stereocenters. The fraction of sp³-hybridized carbons (Fsp3) is 0.636. The third kappa shape index (κ3) is 3.54. The van der Waals surface area contributed by atoms with Crippen molar-refractivity contribution in [1.29, 1.82) is 0 Å². The van der Waals surface area contributed by atoms with E-state index < -0.39 is 0 Å². The van der Waals surface area contributed by atoms with E-state index in [4.69, 9.17) is 0 Å². The third-order valence-electron chi connectivity index (χ3n) is 2.35. The van der Waals surface area contributed by atoms with Crippen LogP contribution in [0.3, 0.4) is 0 Å². The summed E-state index contributed by atoms with van der Waals surface area (Å²) in [6.07, 6.45) is 0. The van der Waals surface area contributed by atoms with Crippen LogP contribution in [0.4, 0.5) is 17.8 Å². The van der Waals surface area contributed by atoms with Crippen molar-refractivity contribution in [2.75, 3.05) is 42.3 Å². The topological polar surface area (TPSA) is 74.2 Å². The first kappa shape index (κ1) is 14.1. The number of carbonyl (C=O) groups excluding carboxylic acids is 1. The molecule has 0 unspecified atom stereocenters. The minimum atomic E-state index is -0.198. The van der Waals surface area contributed by atoms with Crippen LogP contribution in [0.15, 0.2) is 0 Å². The molecule has 0 spiro atoms. The number of amides is 1. The molecule has 0 aromatic carbocycles. The van der Waals surface area contributed by atoms with Crippen molar-refractivity contribution in [2.24, 2.45) is 0 Å². The molecule has 0 radical (unpaired) electrons. The molecule has 1 aromatic rings. The number of carbonyl (C=O) groups is 1. The van der Waals surface area contributed by atoms with Crippen LogP contribution in [0.1, 0.15) is 20.8 Å². The molecule has 1 heterocycles. The maximum Gasteiger partial charge on any atom is 0.236 e. The van der Waals surface area contributed by atoms with Crippen LogP contribution in [0.25, 0.3) is 0 Å². The largest absolute Gasteiger partial charge is 0.347 e. The van der Waals surface area contributed by atoms with Gasteiger partial charge in [-0.1, -0.05) is 0 Å². The van der Waals surface area contributed by atoms with Gasteiger partial charge in [0.15, 0.2) is 0 Å². The van der Waals surface area contributed by atoms with Crippen molar-refractivity contribution >= 4 is 23.8 Å². The summed E-state index contributed by atoms with van der Waals surface area (Å²) in [4.78, 5) is 27.6. The van der Waals surface area contributed by atoms with Gasteiger partial charge in [0.05, 0.1) is 0 Å². The van der Waals surface area contributed by atoms with Crippen LogP contribution < -0.4 is 15.1 Å². The van der Waals surface area contributed by atoms with Gasteiger partial charge in [-0.3, -0.25) is 10.1 Å². The molecular weight excluding hydrogens is 232 g/mol. The van der Waals surface area contributed by atoms with E-state index in [0.717, 1.165) is 13.1 Å². The predicted molar refractivity (Wildman–Crippen MR) is 72.0 cm³/mol.